The molecular formula is C15H12Br2N4O2S. The first-order valence-electron chi connectivity index (χ1n) is 6.80. The van der Waals surface area contributed by atoms with Crippen molar-refractivity contribution >= 4 is 70.1 Å². The Morgan fingerprint density at radius 1 is 1.25 bits per heavy atom. The predicted molar refractivity (Wildman–Crippen MR) is 103 cm³/mol. The normalized spacial score (nSPS) is 10.6. The Bertz CT molecular complexity index is 883. The third-order valence-corrected chi connectivity index (χ3v) is 5.11. The molecule has 0 radical (unpaired) electrons. The van der Waals surface area contributed by atoms with E-state index in [2.05, 4.69) is 47.6 Å². The minimum atomic E-state index is -0.245. The van der Waals surface area contributed by atoms with Gasteiger partial charge in [0.1, 0.15) is 5.75 Å². The van der Waals surface area contributed by atoms with E-state index < -0.39 is 0 Å². The quantitative estimate of drug-likeness (QED) is 0.384. The number of fused-ring (bicyclic) bond motifs is 1. The Balaban J connectivity index is 1.67. The summed E-state index contributed by atoms with van der Waals surface area (Å²) in [5.41, 5.74) is 3.97. The fraction of sp³-hybridized carbons (Fsp3) is 0.0667. The van der Waals surface area contributed by atoms with Crippen molar-refractivity contribution in [2.75, 3.05) is 17.3 Å². The molecule has 3 aromatic rings. The summed E-state index contributed by atoms with van der Waals surface area (Å²) in [5.74, 6) is 5.77. The van der Waals surface area contributed by atoms with E-state index in [1.54, 1.807) is 18.2 Å². The van der Waals surface area contributed by atoms with Gasteiger partial charge < -0.3 is 10.1 Å². The van der Waals surface area contributed by atoms with Gasteiger partial charge in [-0.3, -0.25) is 10.2 Å². The molecule has 0 fully saturated rings. The van der Waals surface area contributed by atoms with Gasteiger partial charge in [-0.15, -0.1) is 0 Å². The van der Waals surface area contributed by atoms with Gasteiger partial charge in [-0.1, -0.05) is 27.3 Å². The number of rotatable bonds is 5. The molecule has 4 N–H and O–H groups in total. The van der Waals surface area contributed by atoms with Crippen LogP contribution in [0.3, 0.4) is 0 Å². The van der Waals surface area contributed by atoms with E-state index in [1.165, 1.54) is 11.3 Å². The van der Waals surface area contributed by atoms with Crippen molar-refractivity contribution in [1.82, 2.24) is 4.98 Å². The summed E-state index contributed by atoms with van der Waals surface area (Å²) in [6, 6.07) is 10.9. The minimum Gasteiger partial charge on any atom is -0.484 e. The van der Waals surface area contributed by atoms with Crippen LogP contribution in [0.2, 0.25) is 0 Å². The average Bonchev–Trinajstić information content (AvgIpc) is 2.98. The topological polar surface area (TPSA) is 89.3 Å². The molecule has 0 atom stereocenters. The zero-order valence-electron chi connectivity index (χ0n) is 12.2. The van der Waals surface area contributed by atoms with Gasteiger partial charge in [0, 0.05) is 14.6 Å². The van der Waals surface area contributed by atoms with E-state index in [-0.39, 0.29) is 12.5 Å². The highest BCUT2D eigenvalue weighted by atomic mass is 79.9. The van der Waals surface area contributed by atoms with Crippen LogP contribution in [-0.4, -0.2) is 17.5 Å². The van der Waals surface area contributed by atoms with Gasteiger partial charge >= 0.3 is 0 Å². The van der Waals surface area contributed by atoms with Gasteiger partial charge in [-0.2, -0.15) is 0 Å². The summed E-state index contributed by atoms with van der Waals surface area (Å²) in [4.78, 5) is 16.4. The molecule has 0 aliphatic rings. The van der Waals surface area contributed by atoms with Crippen molar-refractivity contribution < 1.29 is 9.53 Å². The lowest BCUT2D eigenvalue weighted by atomic mass is 10.3. The highest BCUT2D eigenvalue weighted by molar-refractivity contribution is 9.11. The smallest absolute Gasteiger partial charge is 0.262 e. The molecule has 0 aliphatic heterocycles. The van der Waals surface area contributed by atoms with Gasteiger partial charge in [0.15, 0.2) is 11.7 Å². The molecule has 1 aromatic heterocycles. The number of hydrogen-bond donors (Lipinski definition) is 3. The molecule has 0 spiro atoms. The fourth-order valence-electron chi connectivity index (χ4n) is 2.00. The van der Waals surface area contributed by atoms with Gasteiger partial charge in [-0.25, -0.2) is 10.8 Å². The molecule has 0 saturated heterocycles. The number of hydrazine groups is 1. The summed E-state index contributed by atoms with van der Waals surface area (Å²) in [6.07, 6.45) is 0. The lowest BCUT2D eigenvalue weighted by molar-refractivity contribution is -0.118. The van der Waals surface area contributed by atoms with Crippen molar-refractivity contribution in [2.45, 2.75) is 0 Å². The molecule has 0 saturated carbocycles. The van der Waals surface area contributed by atoms with Crippen molar-refractivity contribution in [3.63, 3.8) is 0 Å². The molecule has 0 aliphatic carbocycles. The Hall–Kier alpha value is -1.68. The molecule has 0 unspecified atom stereocenters. The Morgan fingerprint density at radius 2 is 2.00 bits per heavy atom. The number of carbonyl (C=O) groups excluding carboxylic acids is 1. The second-order valence-corrected chi connectivity index (χ2v) is 7.56. The number of nitrogen functional groups attached to an aromatic ring is 1. The summed E-state index contributed by atoms with van der Waals surface area (Å²) in [7, 11) is 0. The lowest BCUT2D eigenvalue weighted by Crippen LogP contribution is -2.20. The van der Waals surface area contributed by atoms with Gasteiger partial charge in [0.2, 0.25) is 0 Å². The van der Waals surface area contributed by atoms with Crippen molar-refractivity contribution in [2.24, 2.45) is 5.84 Å². The number of halogens is 2. The number of aromatic nitrogens is 1. The maximum atomic E-state index is 12.1. The van der Waals surface area contributed by atoms with Crippen LogP contribution in [0.5, 0.6) is 5.75 Å². The van der Waals surface area contributed by atoms with Crippen LogP contribution < -0.4 is 21.3 Å². The lowest BCUT2D eigenvalue weighted by Gasteiger charge is -2.08. The molecule has 1 amide bonds. The molecule has 124 valence electrons. The molecule has 0 bridgehead atoms. The van der Waals surface area contributed by atoms with Crippen LogP contribution >= 0.6 is 43.2 Å². The Morgan fingerprint density at radius 3 is 2.71 bits per heavy atom. The van der Waals surface area contributed by atoms with Crippen LogP contribution in [0.15, 0.2) is 45.3 Å². The first-order valence-corrected chi connectivity index (χ1v) is 9.20. The second-order valence-electron chi connectivity index (χ2n) is 4.76. The standard InChI is InChI=1S/C15H12Br2N4O2S/c16-8-1-3-10(4-2-8)23-7-13(22)19-9-5-11(17)14-12(6-9)24-15(20-14)21-18/h1-6H,7,18H2,(H,19,22)(H,20,21). The van der Waals surface area contributed by atoms with Crippen molar-refractivity contribution in [3.05, 3.63) is 45.3 Å². The van der Waals surface area contributed by atoms with Gasteiger partial charge in [0.05, 0.1) is 10.2 Å². The number of hydrogen-bond acceptors (Lipinski definition) is 6. The van der Waals surface area contributed by atoms with E-state index in [9.17, 15) is 4.79 Å². The SMILES string of the molecule is NNc1nc2c(Br)cc(NC(=O)COc3ccc(Br)cc3)cc2s1. The minimum absolute atomic E-state index is 0.0738. The number of nitrogens with two attached hydrogens (primary N) is 1. The van der Waals surface area contributed by atoms with Crippen molar-refractivity contribution in [3.8, 4) is 5.75 Å². The summed E-state index contributed by atoms with van der Waals surface area (Å²) >= 11 is 8.20. The number of thiazole rings is 1. The van der Waals surface area contributed by atoms with E-state index in [4.69, 9.17) is 10.6 Å². The average molecular weight is 472 g/mol. The number of anilines is 2. The van der Waals surface area contributed by atoms with E-state index >= 15 is 0 Å². The summed E-state index contributed by atoms with van der Waals surface area (Å²) < 4.78 is 8.09. The third kappa shape index (κ3) is 4.04. The number of nitrogens with zero attached hydrogens (tertiary/aromatic N) is 1. The molecule has 1 heterocycles. The van der Waals surface area contributed by atoms with Crippen LogP contribution in [0.25, 0.3) is 10.2 Å². The fourth-order valence-corrected chi connectivity index (χ4v) is 3.79. The summed E-state index contributed by atoms with van der Waals surface area (Å²) in [5, 5.41) is 3.41. The van der Waals surface area contributed by atoms with Gasteiger partial charge in [-0.05, 0) is 52.3 Å². The Labute approximate surface area is 158 Å². The number of amides is 1. The highest BCUT2D eigenvalue weighted by Gasteiger charge is 2.10. The highest BCUT2D eigenvalue weighted by Crippen LogP contribution is 2.33. The zero-order chi connectivity index (χ0) is 17.1. The molecule has 2 aromatic carbocycles. The van der Waals surface area contributed by atoms with Crippen LogP contribution in [0.4, 0.5) is 10.8 Å². The van der Waals surface area contributed by atoms with Crippen LogP contribution in [0.1, 0.15) is 0 Å². The monoisotopic (exact) mass is 470 g/mol. The Kier molecular flexibility index (Phi) is 5.34. The number of benzene rings is 2. The van der Waals surface area contributed by atoms with Crippen LogP contribution in [0, 0.1) is 0 Å². The largest absolute Gasteiger partial charge is 0.484 e. The van der Waals surface area contributed by atoms with Crippen LogP contribution in [-0.2, 0) is 4.79 Å². The second kappa shape index (κ2) is 7.47. The maximum absolute atomic E-state index is 12.1. The molecule has 24 heavy (non-hydrogen) atoms. The van der Waals surface area contributed by atoms with E-state index in [0.717, 1.165) is 19.2 Å². The van der Waals surface area contributed by atoms with Crippen molar-refractivity contribution in [1.29, 1.82) is 0 Å². The molecule has 9 heteroatoms. The first kappa shape index (κ1) is 17.2. The first-order chi connectivity index (χ1) is 11.5. The number of nitrogens with one attached hydrogen (secondary N) is 2. The number of carbonyl (C=O) groups is 1. The predicted octanol–water partition coefficient (Wildman–Crippen LogP) is 4.12. The van der Waals surface area contributed by atoms with Gasteiger partial charge in [0.25, 0.3) is 5.91 Å². The summed E-state index contributed by atoms with van der Waals surface area (Å²) in [6.45, 7) is -0.0738. The van der Waals surface area contributed by atoms with E-state index in [0.29, 0.717) is 16.6 Å². The van der Waals surface area contributed by atoms with E-state index in [1.807, 2.05) is 18.2 Å². The zero-order valence-corrected chi connectivity index (χ0v) is 16.2. The maximum Gasteiger partial charge on any atom is 0.262 e. The molecular weight excluding hydrogens is 460 g/mol. The third-order valence-electron chi connectivity index (χ3n) is 3.04. The molecule has 6 nitrogen and oxygen atoms in total. The number of ether oxygens (including phenoxy) is 1. The molecule has 3 rings (SSSR count).